The molecule has 0 unspecified atom stereocenters. The van der Waals surface area contributed by atoms with Crippen LogP contribution in [-0.2, 0) is 11.3 Å². The number of nitrogens with one attached hydrogen (secondary N) is 2. The lowest BCUT2D eigenvalue weighted by Gasteiger charge is -2.42. The number of hydrogen-bond donors (Lipinski definition) is 2. The van der Waals surface area contributed by atoms with Crippen molar-refractivity contribution in [2.45, 2.75) is 57.7 Å². The van der Waals surface area contributed by atoms with Gasteiger partial charge in [0, 0.05) is 13.1 Å². The number of aromatic nitrogens is 1. The third-order valence-corrected chi connectivity index (χ3v) is 4.06. The summed E-state index contributed by atoms with van der Waals surface area (Å²) >= 11 is 3.37. The summed E-state index contributed by atoms with van der Waals surface area (Å²) in [5.74, 6) is 0. The van der Waals surface area contributed by atoms with Crippen LogP contribution in [0.15, 0.2) is 22.8 Å². The minimum atomic E-state index is -0.470. The van der Waals surface area contributed by atoms with Gasteiger partial charge < -0.3 is 15.4 Å². The summed E-state index contributed by atoms with van der Waals surface area (Å²) < 4.78 is 6.18. The standard InChI is InChI=1S/C16H24BrN3O2/c1-15(2,3)22-14(21)20-16(8-5-9-16)11-18-10-12-6-4-7-13(17)19-12/h4,6-7,18H,5,8-11H2,1-3H3,(H,20,21). The molecule has 1 aliphatic carbocycles. The highest BCUT2D eigenvalue weighted by Gasteiger charge is 2.39. The van der Waals surface area contributed by atoms with E-state index in [1.54, 1.807) is 0 Å². The summed E-state index contributed by atoms with van der Waals surface area (Å²) in [6.07, 6.45) is 2.75. The summed E-state index contributed by atoms with van der Waals surface area (Å²) in [6.45, 7) is 7.02. The van der Waals surface area contributed by atoms with Crippen molar-refractivity contribution in [2.75, 3.05) is 6.54 Å². The van der Waals surface area contributed by atoms with Crippen molar-refractivity contribution in [1.82, 2.24) is 15.6 Å². The summed E-state index contributed by atoms with van der Waals surface area (Å²) in [5, 5.41) is 6.42. The van der Waals surface area contributed by atoms with Crippen LogP contribution in [-0.4, -0.2) is 28.8 Å². The number of rotatable bonds is 5. The van der Waals surface area contributed by atoms with E-state index in [1.807, 2.05) is 39.0 Å². The number of ether oxygens (including phenoxy) is 1. The van der Waals surface area contributed by atoms with E-state index in [0.717, 1.165) is 36.1 Å². The zero-order valence-corrected chi connectivity index (χ0v) is 15.0. The Morgan fingerprint density at radius 1 is 1.41 bits per heavy atom. The predicted molar refractivity (Wildman–Crippen MR) is 89.6 cm³/mol. The fourth-order valence-electron chi connectivity index (χ4n) is 2.45. The Labute approximate surface area is 140 Å². The molecule has 0 radical (unpaired) electrons. The number of pyridine rings is 1. The van der Waals surface area contributed by atoms with Gasteiger partial charge in [-0.2, -0.15) is 0 Å². The number of halogens is 1. The zero-order chi connectivity index (χ0) is 16.2. The van der Waals surface area contributed by atoms with Crippen LogP contribution in [0.4, 0.5) is 4.79 Å². The molecule has 1 saturated carbocycles. The molecule has 122 valence electrons. The van der Waals surface area contributed by atoms with Gasteiger partial charge in [0.1, 0.15) is 10.2 Å². The summed E-state index contributed by atoms with van der Waals surface area (Å²) in [5.41, 5.74) is 0.318. The second kappa shape index (κ2) is 6.96. The van der Waals surface area contributed by atoms with E-state index in [1.165, 1.54) is 0 Å². The maximum atomic E-state index is 12.0. The first kappa shape index (κ1) is 17.2. The van der Waals surface area contributed by atoms with E-state index in [0.29, 0.717) is 6.54 Å². The second-order valence-electron chi connectivity index (χ2n) is 6.82. The zero-order valence-electron chi connectivity index (χ0n) is 13.4. The van der Waals surface area contributed by atoms with Gasteiger partial charge >= 0.3 is 6.09 Å². The Balaban J connectivity index is 1.82. The Morgan fingerprint density at radius 3 is 2.68 bits per heavy atom. The van der Waals surface area contributed by atoms with Crippen molar-refractivity contribution < 1.29 is 9.53 Å². The van der Waals surface area contributed by atoms with Crippen LogP contribution in [0.2, 0.25) is 0 Å². The summed E-state index contributed by atoms with van der Waals surface area (Å²) in [4.78, 5) is 16.4. The first-order chi connectivity index (χ1) is 10.3. The number of nitrogens with zero attached hydrogens (tertiary/aromatic N) is 1. The molecule has 22 heavy (non-hydrogen) atoms. The predicted octanol–water partition coefficient (Wildman–Crippen LogP) is 3.38. The van der Waals surface area contributed by atoms with Crippen LogP contribution in [0.3, 0.4) is 0 Å². The normalized spacial score (nSPS) is 16.7. The first-order valence-corrected chi connectivity index (χ1v) is 8.41. The summed E-state index contributed by atoms with van der Waals surface area (Å²) in [6, 6.07) is 5.85. The number of amides is 1. The molecule has 1 amide bonds. The minimum Gasteiger partial charge on any atom is -0.444 e. The lowest BCUT2D eigenvalue weighted by molar-refractivity contribution is 0.0382. The van der Waals surface area contributed by atoms with Gasteiger partial charge in [-0.3, -0.25) is 0 Å². The molecule has 2 N–H and O–H groups in total. The highest BCUT2D eigenvalue weighted by Crippen LogP contribution is 2.31. The van der Waals surface area contributed by atoms with Crippen molar-refractivity contribution >= 4 is 22.0 Å². The minimum absolute atomic E-state index is 0.186. The molecule has 0 saturated heterocycles. The van der Waals surface area contributed by atoms with E-state index < -0.39 is 5.60 Å². The van der Waals surface area contributed by atoms with Crippen LogP contribution in [0.25, 0.3) is 0 Å². The van der Waals surface area contributed by atoms with Gasteiger partial charge in [-0.15, -0.1) is 0 Å². The lowest BCUT2D eigenvalue weighted by Crippen LogP contribution is -2.59. The third-order valence-electron chi connectivity index (χ3n) is 3.62. The Bertz CT molecular complexity index is 524. The molecule has 1 aromatic heterocycles. The molecule has 0 spiro atoms. The van der Waals surface area contributed by atoms with Gasteiger partial charge in [-0.05, 0) is 68.1 Å². The molecule has 0 atom stereocenters. The number of carbonyl (C=O) groups is 1. The number of carbonyl (C=O) groups excluding carboxylic acids is 1. The Kier molecular flexibility index (Phi) is 5.45. The molecule has 6 heteroatoms. The lowest BCUT2D eigenvalue weighted by atomic mass is 9.76. The molecule has 5 nitrogen and oxygen atoms in total. The van der Waals surface area contributed by atoms with Crippen molar-refractivity contribution in [2.24, 2.45) is 0 Å². The largest absolute Gasteiger partial charge is 0.444 e. The quantitative estimate of drug-likeness (QED) is 0.780. The van der Waals surface area contributed by atoms with Gasteiger partial charge in [0.2, 0.25) is 0 Å². The number of alkyl carbamates (subject to hydrolysis) is 1. The van der Waals surface area contributed by atoms with E-state index in [-0.39, 0.29) is 11.6 Å². The van der Waals surface area contributed by atoms with Crippen LogP contribution in [0.1, 0.15) is 45.7 Å². The fourth-order valence-corrected chi connectivity index (χ4v) is 2.83. The molecule has 0 aromatic carbocycles. The van der Waals surface area contributed by atoms with Gasteiger partial charge in [0.25, 0.3) is 0 Å². The van der Waals surface area contributed by atoms with Gasteiger partial charge in [0.15, 0.2) is 0 Å². The average molecular weight is 370 g/mol. The molecule has 1 aromatic rings. The molecule has 1 aliphatic rings. The van der Waals surface area contributed by atoms with Crippen molar-refractivity contribution in [3.63, 3.8) is 0 Å². The van der Waals surface area contributed by atoms with Crippen LogP contribution >= 0.6 is 15.9 Å². The Morgan fingerprint density at radius 2 is 2.14 bits per heavy atom. The fraction of sp³-hybridized carbons (Fsp3) is 0.625. The van der Waals surface area contributed by atoms with E-state index in [4.69, 9.17) is 4.74 Å². The van der Waals surface area contributed by atoms with Crippen molar-refractivity contribution in [3.05, 3.63) is 28.5 Å². The molecule has 0 aliphatic heterocycles. The highest BCUT2D eigenvalue weighted by atomic mass is 79.9. The number of hydrogen-bond acceptors (Lipinski definition) is 4. The topological polar surface area (TPSA) is 63.2 Å². The van der Waals surface area contributed by atoms with Crippen molar-refractivity contribution in [1.29, 1.82) is 0 Å². The average Bonchev–Trinajstić information content (AvgIpc) is 2.33. The SMILES string of the molecule is CC(C)(C)OC(=O)NC1(CNCc2cccc(Br)n2)CCC1. The molecule has 2 rings (SSSR count). The third kappa shape index (κ3) is 5.25. The van der Waals surface area contributed by atoms with Gasteiger partial charge in [0.05, 0.1) is 11.2 Å². The van der Waals surface area contributed by atoms with Crippen LogP contribution in [0, 0.1) is 0 Å². The maximum Gasteiger partial charge on any atom is 0.408 e. The van der Waals surface area contributed by atoms with E-state index in [2.05, 4.69) is 31.5 Å². The van der Waals surface area contributed by atoms with Crippen molar-refractivity contribution in [3.8, 4) is 0 Å². The van der Waals surface area contributed by atoms with Crippen LogP contribution < -0.4 is 10.6 Å². The maximum absolute atomic E-state index is 12.0. The molecular weight excluding hydrogens is 346 g/mol. The molecular formula is C16H24BrN3O2. The van der Waals surface area contributed by atoms with E-state index in [9.17, 15) is 4.79 Å². The molecule has 1 heterocycles. The van der Waals surface area contributed by atoms with Gasteiger partial charge in [-0.1, -0.05) is 6.07 Å². The van der Waals surface area contributed by atoms with E-state index >= 15 is 0 Å². The Hall–Kier alpha value is -1.14. The van der Waals surface area contributed by atoms with Crippen LogP contribution in [0.5, 0.6) is 0 Å². The highest BCUT2D eigenvalue weighted by molar-refractivity contribution is 9.10. The smallest absolute Gasteiger partial charge is 0.408 e. The van der Waals surface area contributed by atoms with Gasteiger partial charge in [-0.25, -0.2) is 9.78 Å². The molecule has 0 bridgehead atoms. The first-order valence-electron chi connectivity index (χ1n) is 7.61. The monoisotopic (exact) mass is 369 g/mol. The molecule has 1 fully saturated rings. The summed E-state index contributed by atoms with van der Waals surface area (Å²) in [7, 11) is 0. The second-order valence-corrected chi connectivity index (χ2v) is 7.63.